The zero-order valence-corrected chi connectivity index (χ0v) is 24.2. The summed E-state index contributed by atoms with van der Waals surface area (Å²) >= 11 is 6.50. The van der Waals surface area contributed by atoms with E-state index in [1.807, 2.05) is 6.07 Å². The second kappa shape index (κ2) is 12.8. The van der Waals surface area contributed by atoms with Crippen molar-refractivity contribution < 1.29 is 37.1 Å². The number of rotatable bonds is 7. The summed E-state index contributed by atoms with van der Waals surface area (Å²) in [4.78, 5) is 47.5. The van der Waals surface area contributed by atoms with Gasteiger partial charge in [-0.1, -0.05) is 29.8 Å². The smallest absolute Gasteiger partial charge is 0.257 e. The number of aromatic nitrogens is 1. The maximum absolute atomic E-state index is 14.6. The number of benzene rings is 2. The predicted molar refractivity (Wildman–Crippen MR) is 154 cm³/mol. The first-order valence-corrected chi connectivity index (χ1v) is 14.4. The minimum atomic E-state index is -2.89. The van der Waals surface area contributed by atoms with Crippen LogP contribution in [0.3, 0.4) is 0 Å². The summed E-state index contributed by atoms with van der Waals surface area (Å²) in [5.41, 5.74) is -0.284. The Morgan fingerprint density at radius 1 is 1.11 bits per heavy atom. The highest BCUT2D eigenvalue weighted by Crippen LogP contribution is 2.38. The molecule has 1 aromatic heterocycles. The first-order valence-electron chi connectivity index (χ1n) is 14.0. The van der Waals surface area contributed by atoms with E-state index < -0.39 is 84.5 Å². The largest absolute Gasteiger partial charge is 0.383 e. The highest BCUT2D eigenvalue weighted by atomic mass is 35.5. The molecule has 14 heteroatoms. The van der Waals surface area contributed by atoms with Crippen molar-refractivity contribution in [1.29, 1.82) is 5.26 Å². The molecule has 0 unspecified atom stereocenters. The Labute approximate surface area is 260 Å². The minimum absolute atomic E-state index is 0.00489. The molecule has 2 aliphatic rings. The highest BCUT2D eigenvalue weighted by Gasteiger charge is 2.48. The number of carbonyl (C=O) groups excluding carboxylic acids is 3. The lowest BCUT2D eigenvalue weighted by Crippen LogP contribution is -2.53. The fraction of sp³-hybridized carbons (Fsp3) is 0.323. The van der Waals surface area contributed by atoms with E-state index in [0.717, 1.165) is 21.9 Å². The van der Waals surface area contributed by atoms with Crippen molar-refractivity contribution in [2.45, 2.75) is 62.3 Å². The summed E-state index contributed by atoms with van der Waals surface area (Å²) in [7, 11) is 0. The van der Waals surface area contributed by atoms with Crippen molar-refractivity contribution in [3.8, 4) is 6.07 Å². The fourth-order valence-corrected chi connectivity index (χ4v) is 5.88. The van der Waals surface area contributed by atoms with Gasteiger partial charge in [0.2, 0.25) is 11.8 Å². The maximum Gasteiger partial charge on any atom is 0.257 e. The lowest BCUT2D eigenvalue weighted by molar-refractivity contribution is -0.128. The molecule has 1 aliphatic heterocycles. The van der Waals surface area contributed by atoms with Crippen LogP contribution in [0.25, 0.3) is 0 Å². The van der Waals surface area contributed by atoms with Crippen LogP contribution >= 0.6 is 11.6 Å². The molecular formula is C31H26ClF4N5O4. The molecule has 2 fully saturated rings. The summed E-state index contributed by atoms with van der Waals surface area (Å²) in [5.74, 6) is -8.05. The third-order valence-electron chi connectivity index (χ3n) is 7.82. The van der Waals surface area contributed by atoms with Gasteiger partial charge in [0.15, 0.2) is 0 Å². The van der Waals surface area contributed by atoms with E-state index in [9.17, 15) is 42.3 Å². The van der Waals surface area contributed by atoms with Gasteiger partial charge in [0.1, 0.15) is 35.6 Å². The second-order valence-electron chi connectivity index (χ2n) is 10.9. The topological polar surface area (TPSA) is 127 Å². The summed E-state index contributed by atoms with van der Waals surface area (Å²) < 4.78 is 57.0. The molecule has 0 bridgehead atoms. The predicted octanol–water partition coefficient (Wildman–Crippen LogP) is 4.82. The van der Waals surface area contributed by atoms with Gasteiger partial charge in [0, 0.05) is 48.2 Å². The van der Waals surface area contributed by atoms with Crippen molar-refractivity contribution in [1.82, 2.24) is 10.3 Å². The van der Waals surface area contributed by atoms with Gasteiger partial charge in [-0.3, -0.25) is 24.2 Å². The van der Waals surface area contributed by atoms with Crippen molar-refractivity contribution >= 4 is 40.8 Å². The molecule has 2 heterocycles. The number of nitrogens with zero attached hydrogens (tertiary/aromatic N) is 4. The van der Waals surface area contributed by atoms with E-state index in [1.54, 1.807) is 6.07 Å². The van der Waals surface area contributed by atoms with Crippen LogP contribution in [-0.2, 0) is 14.4 Å². The molecule has 3 amide bonds. The SMILES string of the molecule is N#Cc1ccnc(N2C(=O)[C@H](O)C[C@H]2C(=O)N(c2cc(F)cc(F)c2)[C@H](C(=O)NC2CCC(F)(F)CC2)c2ccccc2Cl)c1. The van der Waals surface area contributed by atoms with Crippen LogP contribution in [0.5, 0.6) is 0 Å². The molecule has 3 aromatic rings. The number of amides is 3. The third-order valence-corrected chi connectivity index (χ3v) is 8.16. The van der Waals surface area contributed by atoms with E-state index >= 15 is 0 Å². The van der Waals surface area contributed by atoms with Crippen molar-refractivity contribution in [3.05, 3.63) is 88.6 Å². The molecule has 2 aromatic carbocycles. The summed E-state index contributed by atoms with van der Waals surface area (Å²) in [6.45, 7) is 0. The summed E-state index contributed by atoms with van der Waals surface area (Å²) in [6.07, 6.45) is -2.02. The minimum Gasteiger partial charge on any atom is -0.383 e. The van der Waals surface area contributed by atoms with Gasteiger partial charge >= 0.3 is 0 Å². The van der Waals surface area contributed by atoms with Gasteiger partial charge in [0.05, 0.1) is 17.3 Å². The average molecular weight is 644 g/mol. The molecule has 2 N–H and O–H groups in total. The summed E-state index contributed by atoms with van der Waals surface area (Å²) in [6, 6.07) is 8.62. The third kappa shape index (κ3) is 6.77. The molecule has 9 nitrogen and oxygen atoms in total. The van der Waals surface area contributed by atoms with E-state index in [-0.39, 0.29) is 34.8 Å². The number of halogens is 5. The quantitative estimate of drug-likeness (QED) is 0.356. The normalized spacial score (nSPS) is 20.4. The molecule has 1 saturated heterocycles. The van der Waals surface area contributed by atoms with Gasteiger partial charge in [-0.15, -0.1) is 0 Å². The number of pyridine rings is 1. The molecule has 3 atom stereocenters. The number of anilines is 2. The van der Waals surface area contributed by atoms with Crippen molar-refractivity contribution in [2.24, 2.45) is 0 Å². The first-order chi connectivity index (χ1) is 21.4. The number of hydrogen-bond acceptors (Lipinski definition) is 6. The zero-order chi connectivity index (χ0) is 32.5. The van der Waals surface area contributed by atoms with Gasteiger partial charge in [-0.2, -0.15) is 5.26 Å². The van der Waals surface area contributed by atoms with Crippen LogP contribution in [-0.4, -0.2) is 51.9 Å². The van der Waals surface area contributed by atoms with Crippen molar-refractivity contribution in [2.75, 3.05) is 9.80 Å². The fourth-order valence-electron chi connectivity index (χ4n) is 5.64. The molecule has 234 valence electrons. The number of nitriles is 1. The standard InChI is InChI=1S/C31H26ClF4N5O4/c32-23-4-2-1-3-22(23)27(28(43)39-20-5-8-31(35,36)9-6-20)40(21-13-18(33)12-19(34)14-21)29(44)24-15-25(42)30(45)41(24)26-11-17(16-37)7-10-38-26/h1-4,7,10-14,20,24-25,27,42H,5-6,8-9,15H2,(H,39,43)/t24-,25+,27-/m0/s1. The van der Waals surface area contributed by atoms with Crippen LogP contribution in [0.15, 0.2) is 60.8 Å². The Hall–Kier alpha value is -4.54. The number of aliphatic hydroxyl groups excluding tert-OH is 1. The Bertz CT molecular complexity index is 1660. The molecule has 1 aliphatic carbocycles. The Balaban J connectivity index is 1.63. The molecule has 45 heavy (non-hydrogen) atoms. The Morgan fingerprint density at radius 2 is 1.78 bits per heavy atom. The first kappa shape index (κ1) is 31.9. The van der Waals surface area contributed by atoms with Crippen molar-refractivity contribution in [3.63, 3.8) is 0 Å². The zero-order valence-electron chi connectivity index (χ0n) is 23.5. The number of nitrogens with one attached hydrogen (secondary N) is 1. The van der Waals surface area contributed by atoms with Crippen LogP contribution in [0.2, 0.25) is 5.02 Å². The van der Waals surface area contributed by atoms with Crippen LogP contribution in [0.4, 0.5) is 29.1 Å². The molecule has 0 radical (unpaired) electrons. The molecule has 0 spiro atoms. The molecule has 5 rings (SSSR count). The van der Waals surface area contributed by atoms with Crippen LogP contribution < -0.4 is 15.1 Å². The van der Waals surface area contributed by atoms with Gasteiger partial charge in [0.25, 0.3) is 11.8 Å². The highest BCUT2D eigenvalue weighted by molar-refractivity contribution is 6.31. The molecular weight excluding hydrogens is 618 g/mol. The maximum atomic E-state index is 14.6. The van der Waals surface area contributed by atoms with E-state index in [1.165, 1.54) is 36.5 Å². The lowest BCUT2D eigenvalue weighted by atomic mass is 9.91. The van der Waals surface area contributed by atoms with E-state index in [2.05, 4.69) is 10.3 Å². The van der Waals surface area contributed by atoms with Crippen LogP contribution in [0, 0.1) is 23.0 Å². The van der Waals surface area contributed by atoms with Gasteiger partial charge in [-0.25, -0.2) is 22.5 Å². The Kier molecular flexibility index (Phi) is 9.08. The Morgan fingerprint density at radius 3 is 2.42 bits per heavy atom. The van der Waals surface area contributed by atoms with Gasteiger partial charge < -0.3 is 10.4 Å². The summed E-state index contributed by atoms with van der Waals surface area (Å²) in [5, 5.41) is 22.6. The molecule has 1 saturated carbocycles. The van der Waals surface area contributed by atoms with E-state index in [4.69, 9.17) is 11.6 Å². The van der Waals surface area contributed by atoms with E-state index in [0.29, 0.717) is 6.07 Å². The average Bonchev–Trinajstić information content (AvgIpc) is 3.30. The lowest BCUT2D eigenvalue weighted by Gasteiger charge is -2.37. The van der Waals surface area contributed by atoms with Gasteiger partial charge in [-0.05, 0) is 43.2 Å². The number of hydrogen-bond donors (Lipinski definition) is 2. The second-order valence-corrected chi connectivity index (χ2v) is 11.3. The monoisotopic (exact) mass is 643 g/mol. The number of carbonyl (C=O) groups is 3. The number of aliphatic hydroxyl groups is 1. The van der Waals surface area contributed by atoms with Crippen LogP contribution in [0.1, 0.15) is 49.3 Å². The number of alkyl halides is 2.